The summed E-state index contributed by atoms with van der Waals surface area (Å²) < 4.78 is 25.2. The van der Waals surface area contributed by atoms with Crippen LogP contribution in [0.2, 0.25) is 0 Å². The molecule has 0 aliphatic rings. The smallest absolute Gasteiger partial charge is 0.264 e. The van der Waals surface area contributed by atoms with Crippen molar-refractivity contribution < 1.29 is 9.13 Å². The average molecular weight is 357 g/mol. The fourth-order valence-electron chi connectivity index (χ4n) is 2.22. The number of hydrogen-bond donors (Lipinski definition) is 0. The third-order valence-electron chi connectivity index (χ3n) is 3.41. The second-order valence-electron chi connectivity index (χ2n) is 5.26. The molecule has 0 spiro atoms. The standard InChI is InChI=1S/C17H12FN3OS2/c1-21(2)17(23)22-15-13(18)7-12-9-20-24-16(12)14(15)11-5-3-10(8-19)4-6-11/h3-7,9H,1-2H3. The van der Waals surface area contributed by atoms with E-state index in [-0.39, 0.29) is 10.9 Å². The molecule has 0 fully saturated rings. The first-order valence-corrected chi connectivity index (χ1v) is 8.16. The maximum Gasteiger partial charge on any atom is 0.264 e. The lowest BCUT2D eigenvalue weighted by Gasteiger charge is -2.17. The fraction of sp³-hybridized carbons (Fsp3) is 0.118. The Morgan fingerprint density at radius 1 is 1.33 bits per heavy atom. The minimum Gasteiger partial charge on any atom is -0.428 e. The molecule has 0 amide bonds. The van der Waals surface area contributed by atoms with Crippen LogP contribution in [0.3, 0.4) is 0 Å². The van der Waals surface area contributed by atoms with Crippen molar-refractivity contribution in [2.24, 2.45) is 0 Å². The van der Waals surface area contributed by atoms with Crippen molar-refractivity contribution in [3.63, 3.8) is 0 Å². The Labute approximate surface area is 147 Å². The number of rotatable bonds is 2. The molecule has 0 aliphatic heterocycles. The van der Waals surface area contributed by atoms with Crippen molar-refractivity contribution in [2.45, 2.75) is 0 Å². The number of thiocarbonyl (C=S) groups is 1. The number of nitriles is 1. The maximum atomic E-state index is 14.6. The van der Waals surface area contributed by atoms with Gasteiger partial charge in [-0.25, -0.2) is 4.39 Å². The molecule has 3 rings (SSSR count). The molecular weight excluding hydrogens is 345 g/mol. The lowest BCUT2D eigenvalue weighted by molar-refractivity contribution is 0.427. The van der Waals surface area contributed by atoms with Gasteiger partial charge in [-0.2, -0.15) is 9.64 Å². The molecule has 0 aliphatic carbocycles. The van der Waals surface area contributed by atoms with Crippen LogP contribution in [0.15, 0.2) is 36.5 Å². The van der Waals surface area contributed by atoms with Gasteiger partial charge in [-0.3, -0.25) is 0 Å². The van der Waals surface area contributed by atoms with Gasteiger partial charge in [0, 0.05) is 31.2 Å². The zero-order valence-corrected chi connectivity index (χ0v) is 14.5. The van der Waals surface area contributed by atoms with Crippen LogP contribution in [0.4, 0.5) is 4.39 Å². The third-order valence-corrected chi connectivity index (χ3v) is 4.69. The minimum absolute atomic E-state index is 0.0650. The Hall–Kier alpha value is -2.56. The fourth-order valence-corrected chi connectivity index (χ4v) is 3.09. The molecule has 4 nitrogen and oxygen atoms in total. The Morgan fingerprint density at radius 3 is 2.67 bits per heavy atom. The predicted molar refractivity (Wildman–Crippen MR) is 96.6 cm³/mol. The number of nitrogens with zero attached hydrogens (tertiary/aromatic N) is 3. The number of ether oxygens (including phenoxy) is 1. The molecule has 0 saturated carbocycles. The molecule has 1 heterocycles. The first-order valence-electron chi connectivity index (χ1n) is 6.98. The highest BCUT2D eigenvalue weighted by Crippen LogP contribution is 2.41. The van der Waals surface area contributed by atoms with Gasteiger partial charge in [-0.05, 0) is 47.5 Å². The summed E-state index contributed by atoms with van der Waals surface area (Å²) in [7, 11) is 3.46. The highest BCUT2D eigenvalue weighted by atomic mass is 32.1. The summed E-state index contributed by atoms with van der Waals surface area (Å²) in [4.78, 5) is 1.59. The van der Waals surface area contributed by atoms with Crippen molar-refractivity contribution in [1.29, 1.82) is 5.26 Å². The van der Waals surface area contributed by atoms with Crippen molar-refractivity contribution in [2.75, 3.05) is 14.1 Å². The van der Waals surface area contributed by atoms with Crippen molar-refractivity contribution in [3.05, 3.63) is 47.9 Å². The summed E-state index contributed by atoms with van der Waals surface area (Å²) >= 11 is 6.41. The van der Waals surface area contributed by atoms with Gasteiger partial charge in [-0.1, -0.05) is 12.1 Å². The van der Waals surface area contributed by atoms with Gasteiger partial charge in [0.25, 0.3) is 5.17 Å². The zero-order valence-electron chi connectivity index (χ0n) is 12.9. The first kappa shape index (κ1) is 16.3. The van der Waals surface area contributed by atoms with E-state index in [1.165, 1.54) is 17.6 Å². The number of aromatic nitrogens is 1. The highest BCUT2D eigenvalue weighted by molar-refractivity contribution is 7.80. The summed E-state index contributed by atoms with van der Waals surface area (Å²) in [6.07, 6.45) is 1.62. The van der Waals surface area contributed by atoms with E-state index in [9.17, 15) is 4.39 Å². The molecule has 7 heteroatoms. The summed E-state index contributed by atoms with van der Waals surface area (Å²) in [6.45, 7) is 0. The Balaban J connectivity index is 2.24. The Bertz CT molecular complexity index is 958. The topological polar surface area (TPSA) is 49.1 Å². The molecule has 3 aromatic rings. The number of fused-ring (bicyclic) bond motifs is 1. The van der Waals surface area contributed by atoms with Crippen molar-refractivity contribution in [3.8, 4) is 22.9 Å². The molecule has 24 heavy (non-hydrogen) atoms. The summed E-state index contributed by atoms with van der Waals surface area (Å²) in [6, 6.07) is 10.3. The second kappa shape index (κ2) is 6.51. The van der Waals surface area contributed by atoms with Gasteiger partial charge >= 0.3 is 0 Å². The normalized spacial score (nSPS) is 10.4. The van der Waals surface area contributed by atoms with Crippen molar-refractivity contribution in [1.82, 2.24) is 9.27 Å². The summed E-state index contributed by atoms with van der Waals surface area (Å²) in [5.74, 6) is -0.443. The number of hydrogen-bond acceptors (Lipinski definition) is 5. The molecule has 120 valence electrons. The van der Waals surface area contributed by atoms with Crippen LogP contribution in [0.5, 0.6) is 5.75 Å². The van der Waals surface area contributed by atoms with Gasteiger partial charge in [0.15, 0.2) is 11.6 Å². The van der Waals surface area contributed by atoms with Gasteiger partial charge in [0.2, 0.25) is 0 Å². The minimum atomic E-state index is -0.508. The number of benzene rings is 2. The number of halogens is 1. The molecule has 0 N–H and O–H groups in total. The third kappa shape index (κ3) is 2.94. The molecular formula is C17H12FN3OS2. The monoisotopic (exact) mass is 357 g/mol. The van der Waals surface area contributed by atoms with Crippen LogP contribution in [-0.2, 0) is 0 Å². The first-order chi connectivity index (χ1) is 11.5. The lowest BCUT2D eigenvalue weighted by Crippen LogP contribution is -2.25. The SMILES string of the molecule is CN(C)C(=S)Oc1c(F)cc2cnsc2c1-c1ccc(C#N)cc1. The summed E-state index contributed by atoms with van der Waals surface area (Å²) in [5, 5.41) is 9.81. The molecule has 2 aromatic carbocycles. The van der Waals surface area contributed by atoms with E-state index in [1.54, 1.807) is 49.5 Å². The lowest BCUT2D eigenvalue weighted by atomic mass is 10.0. The predicted octanol–water partition coefficient (Wildman–Crippen LogP) is 4.20. The zero-order chi connectivity index (χ0) is 17.3. The van der Waals surface area contributed by atoms with Crippen LogP contribution in [-0.4, -0.2) is 28.5 Å². The van der Waals surface area contributed by atoms with E-state index < -0.39 is 5.82 Å². The van der Waals surface area contributed by atoms with Gasteiger partial charge < -0.3 is 9.64 Å². The van der Waals surface area contributed by atoms with Crippen molar-refractivity contribution >= 4 is 39.0 Å². The molecule has 0 unspecified atom stereocenters. The quantitative estimate of drug-likeness (QED) is 0.643. The van der Waals surface area contributed by atoms with Crippen LogP contribution < -0.4 is 4.74 Å². The molecule has 1 aromatic heterocycles. The van der Waals surface area contributed by atoms with E-state index in [4.69, 9.17) is 22.2 Å². The van der Waals surface area contributed by atoms with Gasteiger partial charge in [0.05, 0.1) is 16.3 Å². The van der Waals surface area contributed by atoms with E-state index in [2.05, 4.69) is 10.4 Å². The molecule has 0 saturated heterocycles. The Morgan fingerprint density at radius 2 is 2.04 bits per heavy atom. The van der Waals surface area contributed by atoms with Gasteiger partial charge in [0.1, 0.15) is 0 Å². The molecule has 0 atom stereocenters. The van der Waals surface area contributed by atoms with E-state index in [0.717, 1.165) is 10.3 Å². The Kier molecular flexibility index (Phi) is 4.42. The highest BCUT2D eigenvalue weighted by Gasteiger charge is 2.20. The van der Waals surface area contributed by atoms with Crippen LogP contribution in [0, 0.1) is 17.1 Å². The second-order valence-corrected chi connectivity index (χ2v) is 6.41. The average Bonchev–Trinajstić information content (AvgIpc) is 3.03. The van der Waals surface area contributed by atoms with Gasteiger partial charge in [-0.15, -0.1) is 0 Å². The largest absolute Gasteiger partial charge is 0.428 e. The maximum absolute atomic E-state index is 14.6. The molecule has 0 bridgehead atoms. The van der Waals surface area contributed by atoms with Crippen LogP contribution >= 0.6 is 23.8 Å². The van der Waals surface area contributed by atoms with E-state index in [0.29, 0.717) is 16.5 Å². The van der Waals surface area contributed by atoms with E-state index >= 15 is 0 Å². The van der Waals surface area contributed by atoms with Crippen LogP contribution in [0.25, 0.3) is 21.2 Å². The van der Waals surface area contributed by atoms with E-state index in [1.807, 2.05) is 0 Å². The molecule has 0 radical (unpaired) electrons. The summed E-state index contributed by atoms with van der Waals surface area (Å²) in [5.41, 5.74) is 1.85. The van der Waals surface area contributed by atoms with Crippen LogP contribution in [0.1, 0.15) is 5.56 Å².